The number of fused-ring (bicyclic) bond motifs is 2. The van der Waals surface area contributed by atoms with Crippen LogP contribution in [0.5, 0.6) is 5.75 Å². The molecule has 35 heteroatoms. The molecule has 0 radical (unpaired) electrons. The van der Waals surface area contributed by atoms with Crippen LogP contribution >= 0.6 is 11.3 Å². The minimum Gasteiger partial charge on any atom is -0.491 e. The second-order valence-electron chi connectivity index (χ2n) is 33.5. The van der Waals surface area contributed by atoms with E-state index in [0.29, 0.717) is 242 Å². The van der Waals surface area contributed by atoms with Crippen molar-refractivity contribution >= 4 is 78.3 Å². The van der Waals surface area contributed by atoms with Crippen molar-refractivity contribution in [2.24, 2.45) is 16.2 Å². The minimum atomic E-state index is -4.46. The summed E-state index contributed by atoms with van der Waals surface area (Å²) in [6, 6.07) is 30.6. The number of thiazole rings is 1. The number of aryl methyl sites for hydroxylation is 1. The van der Waals surface area contributed by atoms with Crippen LogP contribution in [0.25, 0.3) is 21.3 Å². The SMILES string of the molecule is COCCOCCOCCOCCOCCOCCOCCOCCOCCOCCOCCOc1ccc(C[C@@H](C(=O)NCCCCc2ccc(COC(=O)N(CCOC34CC5(C)CC(C)(CC(Cn6ncc(-c7ccc(N8CCc9cccc(C(=O)Nc%10nc%11ccccc%11s%10)c9C8)nc7C(=O)O)c6C)(C5)C3)C4)CCS(=O)(=O)O)cc2)N2C(=O)C=CC2=O)cc1. The number of benzene rings is 4. The van der Waals surface area contributed by atoms with E-state index in [0.717, 1.165) is 81.8 Å². The number of methoxy groups -OCH3 is 1. The first kappa shape index (κ1) is 96.8. The van der Waals surface area contributed by atoms with E-state index in [9.17, 15) is 46.8 Å². The molecule has 3 aromatic heterocycles. The molecule has 2 unspecified atom stereocenters. The molecule has 4 aliphatic carbocycles. The zero-order valence-corrected chi connectivity index (χ0v) is 74.8. The number of imide groups is 1. The number of anilines is 2. The first-order chi connectivity index (χ1) is 61.5. The number of nitrogens with zero attached hydrogens (tertiary/aromatic N) is 7. The zero-order chi connectivity index (χ0) is 89.5. The summed E-state index contributed by atoms with van der Waals surface area (Å²) < 4.78 is 116. The van der Waals surface area contributed by atoms with Gasteiger partial charge < -0.3 is 86.5 Å². The Hall–Kier alpha value is -9.28. The molecule has 5 heterocycles. The van der Waals surface area contributed by atoms with Crippen molar-refractivity contribution in [1.82, 2.24) is 34.9 Å². The van der Waals surface area contributed by atoms with Gasteiger partial charge in [0.2, 0.25) is 5.91 Å². The van der Waals surface area contributed by atoms with Crippen molar-refractivity contribution in [3.63, 3.8) is 0 Å². The highest BCUT2D eigenvalue weighted by molar-refractivity contribution is 7.85. The Morgan fingerprint density at radius 3 is 1.77 bits per heavy atom. The number of hydrogen-bond acceptors (Lipinski definition) is 27. The molecular formula is C92H121N9O24S2. The molecule has 3 atom stereocenters. The predicted octanol–water partition coefficient (Wildman–Crippen LogP) is 10.2. The maximum atomic E-state index is 13.9. The molecule has 690 valence electrons. The number of carbonyl (C=O) groups is 6. The van der Waals surface area contributed by atoms with Crippen molar-refractivity contribution < 1.29 is 113 Å². The fourth-order valence-corrected chi connectivity index (χ4v) is 19.9. The Labute approximate surface area is 745 Å². The maximum Gasteiger partial charge on any atom is 0.410 e. The van der Waals surface area contributed by atoms with Gasteiger partial charge in [-0.25, -0.2) is 19.6 Å². The highest BCUT2D eigenvalue weighted by atomic mass is 32.2. The summed E-state index contributed by atoms with van der Waals surface area (Å²) in [5.74, 6) is -2.70. The number of carbonyl (C=O) groups excluding carboxylic acids is 5. The quantitative estimate of drug-likeness (QED) is 0.0156. The Kier molecular flexibility index (Phi) is 36.5. The van der Waals surface area contributed by atoms with Crippen molar-refractivity contribution in [2.75, 3.05) is 201 Å². The molecule has 13 rings (SSSR count). The fraction of sp³-hybridized carbons (Fsp3) is 0.554. The molecule has 4 saturated carbocycles. The van der Waals surface area contributed by atoms with Crippen LogP contribution in [0.15, 0.2) is 121 Å². The highest BCUT2D eigenvalue weighted by Gasteiger charge is 2.66. The Morgan fingerprint density at radius 2 is 1.19 bits per heavy atom. The van der Waals surface area contributed by atoms with Crippen molar-refractivity contribution in [1.29, 1.82) is 0 Å². The lowest BCUT2D eigenvalue weighted by molar-refractivity contribution is -0.248. The third-order valence-corrected chi connectivity index (χ3v) is 24.9. The molecular weight excluding hydrogens is 1680 g/mol. The Morgan fingerprint density at radius 1 is 0.614 bits per heavy atom. The van der Waals surface area contributed by atoms with Crippen molar-refractivity contribution in [2.45, 2.75) is 123 Å². The molecule has 4 aromatic carbocycles. The summed E-state index contributed by atoms with van der Waals surface area (Å²) in [6.07, 6.45) is 11.1. The molecule has 0 saturated heterocycles. The van der Waals surface area contributed by atoms with Gasteiger partial charge in [0, 0.05) is 87.3 Å². The van der Waals surface area contributed by atoms with E-state index in [2.05, 4.69) is 29.5 Å². The van der Waals surface area contributed by atoms with Gasteiger partial charge in [-0.2, -0.15) is 13.5 Å². The highest BCUT2D eigenvalue weighted by Crippen LogP contribution is 2.72. The smallest absolute Gasteiger partial charge is 0.410 e. The first-order valence-corrected chi connectivity index (χ1v) is 46.1. The number of nitrogens with one attached hydrogen (secondary N) is 2. The van der Waals surface area contributed by atoms with E-state index >= 15 is 0 Å². The number of hydrogen-bond donors (Lipinski definition) is 4. The zero-order valence-electron chi connectivity index (χ0n) is 73.1. The van der Waals surface area contributed by atoms with E-state index in [4.69, 9.17) is 76.4 Å². The largest absolute Gasteiger partial charge is 0.491 e. The molecule has 4 N–H and O–H groups in total. The lowest BCUT2D eigenvalue weighted by atomic mass is 9.39. The number of ether oxygens (including phenoxy) is 14. The number of aromatic carboxylic acids is 1. The van der Waals surface area contributed by atoms with E-state index in [-0.39, 0.29) is 67.2 Å². The monoisotopic (exact) mass is 1800 g/mol. The summed E-state index contributed by atoms with van der Waals surface area (Å²) in [6.45, 7) is 17.9. The van der Waals surface area contributed by atoms with E-state index in [1.165, 1.54) is 16.2 Å². The summed E-state index contributed by atoms with van der Waals surface area (Å²) in [4.78, 5) is 94.2. The molecule has 33 nitrogen and oxygen atoms in total. The number of carboxylic acids is 1. The van der Waals surface area contributed by atoms with E-state index in [1.807, 2.05) is 83.2 Å². The van der Waals surface area contributed by atoms with Crippen molar-refractivity contribution in [3.05, 3.63) is 166 Å². The average molecular weight is 1800 g/mol. The molecule has 5 amide bonds. The summed E-state index contributed by atoms with van der Waals surface area (Å²) >= 11 is 1.41. The van der Waals surface area contributed by atoms with E-state index in [1.54, 1.807) is 49.7 Å². The van der Waals surface area contributed by atoms with Crippen LogP contribution in [-0.2, 0) is 125 Å². The maximum absolute atomic E-state index is 13.9. The number of aromatic nitrogens is 4. The summed E-state index contributed by atoms with van der Waals surface area (Å²) in [5.41, 5.74) is 6.37. The Balaban J connectivity index is 0.519. The minimum absolute atomic E-state index is 0.00149. The molecule has 4 bridgehead atoms. The first-order valence-electron chi connectivity index (χ1n) is 43.7. The molecule has 127 heavy (non-hydrogen) atoms. The van der Waals surface area contributed by atoms with Crippen LogP contribution in [0.4, 0.5) is 15.7 Å². The predicted molar refractivity (Wildman–Crippen MR) is 472 cm³/mol. The van der Waals surface area contributed by atoms with Gasteiger partial charge in [0.1, 0.15) is 30.8 Å². The van der Waals surface area contributed by atoms with Gasteiger partial charge in [-0.05, 0) is 158 Å². The number of amides is 5. The summed E-state index contributed by atoms with van der Waals surface area (Å²) in [7, 11) is -2.83. The van der Waals surface area contributed by atoms with Gasteiger partial charge in [0.25, 0.3) is 27.8 Å². The molecule has 2 aliphatic heterocycles. The molecule has 4 fully saturated rings. The number of rotatable bonds is 59. The average Bonchev–Trinajstić information content (AvgIpc) is 1.08. The standard InChI is InChI=1S/C92H121N9O24S2/c1-67-75(73-23-24-80(96-83(73)86(106)107)99-29-27-71-11-9-12-74(76(71)58-99)84(104)97-87-95-77-13-5-6-14-79(77)126-87)57-94-100(67)66-91-61-89(2)60-90(3,62-91)64-92(63-89,65-91)125-32-30-98(31-55-127(109,110)111)88(108)124-59-70-17-15-68(16-18-70)10-7-8-28-93-85(105)78(101-81(102)25-26-82(101)103)56-69-19-21-72(22-20-69)123-54-53-122-52-51-121-50-49-120-48-47-119-46-45-118-44-43-117-42-41-116-40-39-115-38-37-114-36-35-113-34-33-112-4/h5-6,9,11-26,57,78H,7-8,10,27-56,58-66H2,1-4H3,(H,93,105)(H,106,107)(H,95,97,104)(H,109,110,111)/t78-,89?,90?,91?,92?/m0/s1. The van der Waals surface area contributed by atoms with Gasteiger partial charge in [0.05, 0.1) is 173 Å². The van der Waals surface area contributed by atoms with Gasteiger partial charge >= 0.3 is 12.1 Å². The number of carboxylic acid groups (broad SMARTS) is 1. The Bertz CT molecular complexity index is 4830. The topological polar surface area (TPSA) is 384 Å². The van der Waals surface area contributed by atoms with Crippen LogP contribution in [0.1, 0.15) is 120 Å². The van der Waals surface area contributed by atoms with Crippen LogP contribution in [-0.4, -0.2) is 286 Å². The molecule has 7 aromatic rings. The van der Waals surface area contributed by atoms with Gasteiger partial charge in [-0.1, -0.05) is 85.8 Å². The van der Waals surface area contributed by atoms with Crippen LogP contribution in [0, 0.1) is 23.2 Å². The van der Waals surface area contributed by atoms with Crippen molar-refractivity contribution in [3.8, 4) is 16.9 Å². The molecule has 0 spiro atoms. The van der Waals surface area contributed by atoms with E-state index < -0.39 is 57.3 Å². The second-order valence-corrected chi connectivity index (χ2v) is 36.1. The number of para-hydroxylation sites is 1. The number of pyridine rings is 1. The third-order valence-electron chi connectivity index (χ3n) is 23.3. The number of unbranched alkanes of at least 4 members (excludes halogenated alkanes) is 1. The van der Waals surface area contributed by atoms with Crippen LogP contribution < -0.4 is 20.3 Å². The summed E-state index contributed by atoms with van der Waals surface area (Å²) in [5, 5.41) is 22.2. The van der Waals surface area contributed by atoms with Crippen LogP contribution in [0.2, 0.25) is 0 Å². The fourth-order valence-electron chi connectivity index (χ4n) is 18.5. The second kappa shape index (κ2) is 47.9. The van der Waals surface area contributed by atoms with Gasteiger partial charge in [0.15, 0.2) is 10.8 Å². The van der Waals surface area contributed by atoms with Gasteiger partial charge in [-0.15, -0.1) is 0 Å². The van der Waals surface area contributed by atoms with Gasteiger partial charge in [-0.3, -0.25) is 38.6 Å². The van der Waals surface area contributed by atoms with Crippen LogP contribution in [0.3, 0.4) is 0 Å². The molecule has 6 aliphatic rings. The lowest BCUT2D eigenvalue weighted by Crippen LogP contribution is -2.64. The lowest BCUT2D eigenvalue weighted by Gasteiger charge is -2.69. The normalized spacial score (nSPS) is 19.1. The third kappa shape index (κ3) is 29.1.